The van der Waals surface area contributed by atoms with Crippen LogP contribution in [0.4, 0.5) is 0 Å². The van der Waals surface area contributed by atoms with E-state index in [2.05, 4.69) is 15.5 Å². The summed E-state index contributed by atoms with van der Waals surface area (Å²) in [7, 11) is 0. The van der Waals surface area contributed by atoms with Gasteiger partial charge in [-0.1, -0.05) is 30.3 Å². The maximum Gasteiger partial charge on any atom is 0.271 e. The second-order valence-electron chi connectivity index (χ2n) is 5.89. The van der Waals surface area contributed by atoms with Gasteiger partial charge in [0.25, 0.3) is 17.0 Å². The fourth-order valence-electron chi connectivity index (χ4n) is 2.52. The summed E-state index contributed by atoms with van der Waals surface area (Å²) in [5, 5.41) is 10.8. The van der Waals surface area contributed by atoms with Gasteiger partial charge in [0.15, 0.2) is 0 Å². The highest BCUT2D eigenvalue weighted by Crippen LogP contribution is 2.00. The number of carbonyl (C=O) groups excluding carboxylic acids is 1. The molecule has 0 aliphatic heterocycles. The summed E-state index contributed by atoms with van der Waals surface area (Å²) in [6.07, 6.45) is 2.09. The first-order chi connectivity index (χ1) is 13.1. The van der Waals surface area contributed by atoms with Crippen molar-refractivity contribution >= 4 is 5.91 Å². The van der Waals surface area contributed by atoms with E-state index in [0.29, 0.717) is 26.1 Å². The molecule has 0 radical (unpaired) electrons. The summed E-state index contributed by atoms with van der Waals surface area (Å²) in [4.78, 5) is 35.8. The number of hydrogen-bond donors (Lipinski definition) is 1. The van der Waals surface area contributed by atoms with Crippen LogP contribution in [0, 0.1) is 0 Å². The SMILES string of the molecule is O=C(NCCCn1ncccc1=O)c1ccc(=O)n(Cc2ccccc2)n1. The van der Waals surface area contributed by atoms with E-state index in [9.17, 15) is 14.4 Å². The van der Waals surface area contributed by atoms with E-state index in [1.165, 1.54) is 27.6 Å². The van der Waals surface area contributed by atoms with Gasteiger partial charge in [-0.05, 0) is 24.1 Å². The lowest BCUT2D eigenvalue weighted by atomic mass is 10.2. The Labute approximate surface area is 155 Å². The van der Waals surface area contributed by atoms with Gasteiger partial charge in [0, 0.05) is 31.4 Å². The Kier molecular flexibility index (Phi) is 5.88. The lowest BCUT2D eigenvalue weighted by Crippen LogP contribution is -2.31. The summed E-state index contributed by atoms with van der Waals surface area (Å²) in [6, 6.07) is 15.2. The molecule has 138 valence electrons. The Bertz CT molecular complexity index is 1030. The predicted octanol–water partition coefficient (Wildman–Crippen LogP) is 0.668. The number of rotatable bonds is 7. The number of benzene rings is 1. The Balaban J connectivity index is 1.58. The lowest BCUT2D eigenvalue weighted by molar-refractivity contribution is 0.0945. The standard InChI is InChI=1S/C19H19N5O3/c25-17-8-4-12-21-23(17)13-5-11-20-19(27)16-9-10-18(26)24(22-16)14-15-6-2-1-3-7-15/h1-4,6-10,12H,5,11,13-14H2,(H,20,27). The zero-order chi connectivity index (χ0) is 19.1. The molecule has 0 bridgehead atoms. The first-order valence-electron chi connectivity index (χ1n) is 8.56. The summed E-state index contributed by atoms with van der Waals surface area (Å²) >= 11 is 0. The molecule has 0 saturated heterocycles. The maximum absolute atomic E-state index is 12.3. The van der Waals surface area contributed by atoms with Gasteiger partial charge in [-0.2, -0.15) is 10.2 Å². The molecule has 1 N–H and O–H groups in total. The number of carbonyl (C=O) groups is 1. The highest BCUT2D eigenvalue weighted by atomic mass is 16.2. The lowest BCUT2D eigenvalue weighted by Gasteiger charge is -2.08. The van der Waals surface area contributed by atoms with E-state index in [1.54, 1.807) is 12.3 Å². The van der Waals surface area contributed by atoms with Crippen LogP contribution in [0.2, 0.25) is 0 Å². The Morgan fingerprint density at radius 2 is 1.70 bits per heavy atom. The van der Waals surface area contributed by atoms with E-state index < -0.39 is 0 Å². The molecule has 2 heterocycles. The number of amides is 1. The molecule has 0 aliphatic rings. The van der Waals surface area contributed by atoms with Gasteiger partial charge in [-0.25, -0.2) is 9.36 Å². The third-order valence-electron chi connectivity index (χ3n) is 3.89. The van der Waals surface area contributed by atoms with Crippen LogP contribution in [0.1, 0.15) is 22.5 Å². The van der Waals surface area contributed by atoms with Crippen molar-refractivity contribution < 1.29 is 4.79 Å². The molecule has 0 fully saturated rings. The van der Waals surface area contributed by atoms with E-state index in [1.807, 2.05) is 30.3 Å². The fraction of sp³-hybridized carbons (Fsp3) is 0.211. The average molecular weight is 365 g/mol. The van der Waals surface area contributed by atoms with Gasteiger partial charge in [-0.3, -0.25) is 14.4 Å². The van der Waals surface area contributed by atoms with Gasteiger partial charge in [0.2, 0.25) is 0 Å². The minimum Gasteiger partial charge on any atom is -0.351 e. The Hall–Kier alpha value is -3.55. The van der Waals surface area contributed by atoms with Crippen LogP contribution < -0.4 is 16.4 Å². The monoisotopic (exact) mass is 365 g/mol. The number of nitrogens with one attached hydrogen (secondary N) is 1. The molecule has 3 aromatic rings. The molecule has 3 rings (SSSR count). The van der Waals surface area contributed by atoms with Crippen molar-refractivity contribution in [2.45, 2.75) is 19.5 Å². The average Bonchev–Trinajstić information content (AvgIpc) is 2.69. The first-order valence-corrected chi connectivity index (χ1v) is 8.56. The van der Waals surface area contributed by atoms with Crippen LogP contribution in [-0.2, 0) is 13.1 Å². The van der Waals surface area contributed by atoms with Crippen molar-refractivity contribution in [1.82, 2.24) is 24.9 Å². The molecule has 27 heavy (non-hydrogen) atoms. The van der Waals surface area contributed by atoms with Crippen LogP contribution in [0.25, 0.3) is 0 Å². The number of aryl methyl sites for hydroxylation is 1. The number of aromatic nitrogens is 4. The molecule has 1 amide bonds. The largest absolute Gasteiger partial charge is 0.351 e. The minimum atomic E-state index is -0.370. The van der Waals surface area contributed by atoms with Gasteiger partial charge < -0.3 is 5.32 Å². The van der Waals surface area contributed by atoms with Gasteiger partial charge in [-0.15, -0.1) is 0 Å². The molecule has 0 atom stereocenters. The van der Waals surface area contributed by atoms with Gasteiger partial charge in [0.1, 0.15) is 5.69 Å². The third-order valence-corrected chi connectivity index (χ3v) is 3.89. The number of hydrogen-bond acceptors (Lipinski definition) is 5. The molecule has 8 nitrogen and oxygen atoms in total. The highest BCUT2D eigenvalue weighted by Gasteiger charge is 2.09. The first kappa shape index (κ1) is 18.2. The second kappa shape index (κ2) is 8.70. The zero-order valence-electron chi connectivity index (χ0n) is 14.6. The quantitative estimate of drug-likeness (QED) is 0.621. The minimum absolute atomic E-state index is 0.167. The molecule has 2 aromatic heterocycles. The van der Waals surface area contributed by atoms with E-state index in [-0.39, 0.29) is 22.7 Å². The normalized spacial score (nSPS) is 10.5. The van der Waals surface area contributed by atoms with Crippen molar-refractivity contribution in [2.75, 3.05) is 6.54 Å². The van der Waals surface area contributed by atoms with E-state index in [4.69, 9.17) is 0 Å². The van der Waals surface area contributed by atoms with Gasteiger partial charge >= 0.3 is 0 Å². The molecule has 0 aliphatic carbocycles. The zero-order valence-corrected chi connectivity index (χ0v) is 14.6. The molecule has 0 saturated carbocycles. The van der Waals surface area contributed by atoms with Crippen molar-refractivity contribution in [2.24, 2.45) is 0 Å². The maximum atomic E-state index is 12.3. The fourth-order valence-corrected chi connectivity index (χ4v) is 2.52. The highest BCUT2D eigenvalue weighted by molar-refractivity contribution is 5.91. The van der Waals surface area contributed by atoms with Crippen molar-refractivity contribution in [3.8, 4) is 0 Å². The third kappa shape index (κ3) is 4.97. The molecule has 1 aromatic carbocycles. The summed E-state index contributed by atoms with van der Waals surface area (Å²) in [6.45, 7) is 1.06. The van der Waals surface area contributed by atoms with Crippen LogP contribution in [0.15, 0.2) is 70.4 Å². The summed E-state index contributed by atoms with van der Waals surface area (Å²) in [5.41, 5.74) is 0.634. The Morgan fingerprint density at radius 1 is 0.926 bits per heavy atom. The summed E-state index contributed by atoms with van der Waals surface area (Å²) in [5.74, 6) is -0.370. The Morgan fingerprint density at radius 3 is 2.48 bits per heavy atom. The molecule has 0 spiro atoms. The van der Waals surface area contributed by atoms with Gasteiger partial charge in [0.05, 0.1) is 6.54 Å². The van der Waals surface area contributed by atoms with E-state index in [0.717, 1.165) is 5.56 Å². The molecule has 8 heteroatoms. The van der Waals surface area contributed by atoms with Crippen LogP contribution in [0.3, 0.4) is 0 Å². The molecule has 0 unspecified atom stereocenters. The van der Waals surface area contributed by atoms with E-state index >= 15 is 0 Å². The molecular formula is C19H19N5O3. The van der Waals surface area contributed by atoms with Crippen LogP contribution in [-0.4, -0.2) is 32.0 Å². The molecular weight excluding hydrogens is 346 g/mol. The van der Waals surface area contributed by atoms with Crippen molar-refractivity contribution in [1.29, 1.82) is 0 Å². The summed E-state index contributed by atoms with van der Waals surface area (Å²) < 4.78 is 2.60. The smallest absolute Gasteiger partial charge is 0.271 e. The second-order valence-corrected chi connectivity index (χ2v) is 5.89. The number of nitrogens with zero attached hydrogens (tertiary/aromatic N) is 4. The van der Waals surface area contributed by atoms with Crippen molar-refractivity contribution in [3.63, 3.8) is 0 Å². The topological polar surface area (TPSA) is 98.9 Å². The van der Waals surface area contributed by atoms with Crippen LogP contribution in [0.5, 0.6) is 0 Å². The van der Waals surface area contributed by atoms with Crippen molar-refractivity contribution in [3.05, 3.63) is 92.8 Å². The predicted molar refractivity (Wildman–Crippen MR) is 99.5 cm³/mol. The van der Waals surface area contributed by atoms with Crippen LogP contribution >= 0.6 is 0 Å².